The Bertz CT molecular complexity index is 756. The lowest BCUT2D eigenvalue weighted by molar-refractivity contribution is 0.0936. The maximum atomic E-state index is 13.0. The molecule has 1 aromatic rings. The first-order valence-electron chi connectivity index (χ1n) is 9.98. The van der Waals surface area contributed by atoms with Gasteiger partial charge in [-0.05, 0) is 69.5 Å². The smallest absolute Gasteiger partial charge is 0.251 e. The number of methoxy groups -OCH3 is 1. The van der Waals surface area contributed by atoms with Crippen molar-refractivity contribution in [2.45, 2.75) is 38.6 Å². The number of piperidine rings is 1. The van der Waals surface area contributed by atoms with Crippen LogP contribution in [0.4, 0.5) is 4.39 Å². The zero-order valence-corrected chi connectivity index (χ0v) is 18.2. The summed E-state index contributed by atoms with van der Waals surface area (Å²) < 4.78 is 44.3. The van der Waals surface area contributed by atoms with E-state index >= 15 is 0 Å². The second kappa shape index (κ2) is 10.9. The molecular formula is C20H32FN3O4S. The third-order valence-electron chi connectivity index (χ3n) is 5.23. The molecule has 7 nitrogen and oxygen atoms in total. The van der Waals surface area contributed by atoms with Crippen LogP contribution in [-0.4, -0.2) is 64.3 Å². The minimum Gasteiger partial charge on any atom is -0.497 e. The lowest BCUT2D eigenvalue weighted by Crippen LogP contribution is -2.42. The van der Waals surface area contributed by atoms with Gasteiger partial charge in [0.2, 0.25) is 10.0 Å². The first-order valence-corrected chi connectivity index (χ1v) is 11.5. The number of ether oxygens (including phenoxy) is 1. The van der Waals surface area contributed by atoms with Crippen molar-refractivity contribution in [2.75, 3.05) is 39.8 Å². The van der Waals surface area contributed by atoms with Crippen LogP contribution in [0.1, 0.15) is 42.6 Å². The van der Waals surface area contributed by atoms with Crippen LogP contribution in [0.25, 0.3) is 0 Å². The number of hydrogen-bond acceptors (Lipinski definition) is 5. The first kappa shape index (κ1) is 23.6. The van der Waals surface area contributed by atoms with Crippen LogP contribution in [0, 0.1) is 5.92 Å². The van der Waals surface area contributed by atoms with E-state index < -0.39 is 21.9 Å². The lowest BCUT2D eigenvalue weighted by Gasteiger charge is -2.32. The van der Waals surface area contributed by atoms with E-state index in [9.17, 15) is 17.6 Å². The van der Waals surface area contributed by atoms with Gasteiger partial charge in [0.05, 0.1) is 12.4 Å². The Morgan fingerprint density at radius 1 is 1.28 bits per heavy atom. The van der Waals surface area contributed by atoms with Gasteiger partial charge < -0.3 is 15.0 Å². The van der Waals surface area contributed by atoms with E-state index in [1.807, 2.05) is 0 Å². The summed E-state index contributed by atoms with van der Waals surface area (Å²) in [6.07, 6.45) is 1.87. The zero-order valence-electron chi connectivity index (χ0n) is 17.4. The number of rotatable bonds is 10. The number of nitrogens with one attached hydrogen (secondary N) is 2. The normalized spacial score (nSPS) is 16.2. The molecule has 29 heavy (non-hydrogen) atoms. The molecule has 1 aliphatic heterocycles. The van der Waals surface area contributed by atoms with Crippen molar-refractivity contribution < 1.29 is 22.3 Å². The summed E-state index contributed by atoms with van der Waals surface area (Å²) >= 11 is 0. The Labute approximate surface area is 173 Å². The molecule has 9 heteroatoms. The van der Waals surface area contributed by atoms with Crippen LogP contribution in [0.3, 0.4) is 0 Å². The molecule has 1 saturated heterocycles. The SMILES string of the molecule is COc1cc(CF)cc(C(=O)NCC2CCN(CCNS(=O)(=O)C(C)C)CC2)c1. The number of carbonyl (C=O) groups excluding carboxylic acids is 1. The molecule has 1 amide bonds. The molecule has 0 unspecified atom stereocenters. The van der Waals surface area contributed by atoms with Gasteiger partial charge in [0.25, 0.3) is 5.91 Å². The van der Waals surface area contributed by atoms with Crippen molar-refractivity contribution in [1.82, 2.24) is 14.9 Å². The molecule has 0 saturated carbocycles. The van der Waals surface area contributed by atoms with E-state index in [0.717, 1.165) is 25.9 Å². The highest BCUT2D eigenvalue weighted by Gasteiger charge is 2.21. The fourth-order valence-electron chi connectivity index (χ4n) is 3.25. The van der Waals surface area contributed by atoms with E-state index in [1.165, 1.54) is 7.11 Å². The predicted molar refractivity (Wildman–Crippen MR) is 111 cm³/mol. The predicted octanol–water partition coefficient (Wildman–Crippen LogP) is 1.93. The number of likely N-dealkylation sites (tertiary alicyclic amines) is 1. The fraction of sp³-hybridized carbons (Fsp3) is 0.650. The van der Waals surface area contributed by atoms with E-state index in [0.29, 0.717) is 42.4 Å². The summed E-state index contributed by atoms with van der Waals surface area (Å²) in [5.74, 6) is 0.602. The topological polar surface area (TPSA) is 87.7 Å². The second-order valence-electron chi connectivity index (χ2n) is 7.69. The van der Waals surface area contributed by atoms with Gasteiger partial charge in [-0.2, -0.15) is 0 Å². The summed E-state index contributed by atoms with van der Waals surface area (Å²) in [5, 5.41) is 2.51. The van der Waals surface area contributed by atoms with E-state index in [4.69, 9.17) is 4.74 Å². The molecule has 1 heterocycles. The molecule has 0 bridgehead atoms. The van der Waals surface area contributed by atoms with Crippen LogP contribution in [0.2, 0.25) is 0 Å². The molecule has 2 N–H and O–H groups in total. The molecule has 0 atom stereocenters. The van der Waals surface area contributed by atoms with Crippen molar-refractivity contribution in [3.05, 3.63) is 29.3 Å². The third kappa shape index (κ3) is 7.24. The van der Waals surface area contributed by atoms with Gasteiger partial charge in [-0.1, -0.05) is 0 Å². The van der Waals surface area contributed by atoms with Gasteiger partial charge in [-0.15, -0.1) is 0 Å². The number of amides is 1. The van der Waals surface area contributed by atoms with E-state index in [-0.39, 0.29) is 5.91 Å². The number of nitrogens with zero attached hydrogens (tertiary/aromatic N) is 1. The highest BCUT2D eigenvalue weighted by atomic mass is 32.2. The molecule has 0 spiro atoms. The average molecular weight is 430 g/mol. The fourth-order valence-corrected chi connectivity index (χ4v) is 3.96. The Balaban J connectivity index is 1.74. The summed E-state index contributed by atoms with van der Waals surface area (Å²) in [6, 6.07) is 4.72. The number of alkyl halides is 1. The summed E-state index contributed by atoms with van der Waals surface area (Å²) in [4.78, 5) is 14.6. The van der Waals surface area contributed by atoms with Gasteiger partial charge in [0.1, 0.15) is 12.4 Å². The van der Waals surface area contributed by atoms with Crippen LogP contribution in [0.15, 0.2) is 18.2 Å². The molecule has 1 aliphatic rings. The van der Waals surface area contributed by atoms with Crippen molar-refractivity contribution in [2.24, 2.45) is 5.92 Å². The molecule has 0 radical (unpaired) electrons. The van der Waals surface area contributed by atoms with Crippen LogP contribution >= 0.6 is 0 Å². The molecule has 164 valence electrons. The maximum absolute atomic E-state index is 13.0. The standard InChI is InChI=1S/C20H32FN3O4S/c1-15(2)29(26,27)23-6-9-24-7-4-16(5-8-24)14-22-20(25)18-10-17(13-21)11-19(12-18)28-3/h10-12,15-16,23H,4-9,13-14H2,1-3H3,(H,22,25). The van der Waals surface area contributed by atoms with Crippen molar-refractivity contribution >= 4 is 15.9 Å². The molecule has 0 aromatic heterocycles. The Kier molecular flexibility index (Phi) is 8.85. The number of carbonyl (C=O) groups is 1. The summed E-state index contributed by atoms with van der Waals surface area (Å²) in [6.45, 7) is 6.07. The number of sulfonamides is 1. The average Bonchev–Trinajstić information content (AvgIpc) is 2.72. The van der Waals surface area contributed by atoms with E-state index in [2.05, 4.69) is 14.9 Å². The van der Waals surface area contributed by atoms with Crippen LogP contribution < -0.4 is 14.8 Å². The van der Waals surface area contributed by atoms with Gasteiger partial charge >= 0.3 is 0 Å². The summed E-state index contributed by atoms with van der Waals surface area (Å²) in [7, 11) is -1.73. The molecule has 0 aliphatic carbocycles. The third-order valence-corrected chi connectivity index (χ3v) is 7.08. The quantitative estimate of drug-likeness (QED) is 0.594. The Morgan fingerprint density at radius 2 is 1.97 bits per heavy atom. The van der Waals surface area contributed by atoms with Crippen molar-refractivity contribution in [1.29, 1.82) is 0 Å². The highest BCUT2D eigenvalue weighted by Crippen LogP contribution is 2.19. The second-order valence-corrected chi connectivity index (χ2v) is 10.0. The molecule has 1 fully saturated rings. The summed E-state index contributed by atoms with van der Waals surface area (Å²) in [5.41, 5.74) is 0.808. The van der Waals surface area contributed by atoms with E-state index in [1.54, 1.807) is 32.0 Å². The first-order chi connectivity index (χ1) is 13.7. The van der Waals surface area contributed by atoms with Gasteiger partial charge in [-0.3, -0.25) is 4.79 Å². The van der Waals surface area contributed by atoms with Crippen molar-refractivity contribution in [3.8, 4) is 5.75 Å². The largest absolute Gasteiger partial charge is 0.497 e. The highest BCUT2D eigenvalue weighted by molar-refractivity contribution is 7.90. The van der Waals surface area contributed by atoms with Crippen LogP contribution in [0.5, 0.6) is 5.75 Å². The van der Waals surface area contributed by atoms with Gasteiger partial charge in [0.15, 0.2) is 0 Å². The zero-order chi connectivity index (χ0) is 21.4. The van der Waals surface area contributed by atoms with Gasteiger partial charge in [0, 0.05) is 25.2 Å². The minimum absolute atomic E-state index is 0.232. The molecule has 2 rings (SSSR count). The van der Waals surface area contributed by atoms with Gasteiger partial charge in [-0.25, -0.2) is 17.5 Å². The Hall–Kier alpha value is -1.71. The Morgan fingerprint density at radius 3 is 2.55 bits per heavy atom. The maximum Gasteiger partial charge on any atom is 0.251 e. The number of halogens is 1. The number of hydrogen-bond donors (Lipinski definition) is 2. The molecule has 1 aromatic carbocycles. The molecular weight excluding hydrogens is 397 g/mol. The van der Waals surface area contributed by atoms with Crippen LogP contribution in [-0.2, 0) is 16.7 Å². The number of benzene rings is 1. The lowest BCUT2D eigenvalue weighted by atomic mass is 9.96. The van der Waals surface area contributed by atoms with Crippen molar-refractivity contribution in [3.63, 3.8) is 0 Å². The monoisotopic (exact) mass is 429 g/mol. The minimum atomic E-state index is -3.22.